The molecule has 2 bridgehead atoms. The molecule has 6 aromatic rings. The monoisotopic (exact) mass is 515 g/mol. The number of benzene rings is 5. The Labute approximate surface area is 232 Å². The molecule has 1 aromatic heterocycles. The van der Waals surface area contributed by atoms with Gasteiger partial charge in [-0.2, -0.15) is 0 Å². The van der Waals surface area contributed by atoms with E-state index in [4.69, 9.17) is 4.99 Å². The molecule has 1 unspecified atom stereocenters. The van der Waals surface area contributed by atoms with E-state index in [-0.39, 0.29) is 0 Å². The third-order valence-electron chi connectivity index (χ3n) is 8.09. The highest BCUT2D eigenvalue weighted by atomic mass is 32.1. The summed E-state index contributed by atoms with van der Waals surface area (Å²) in [6.07, 6.45) is 0.945. The van der Waals surface area contributed by atoms with E-state index in [1.807, 2.05) is 11.3 Å². The Morgan fingerprint density at radius 1 is 0.487 bits per heavy atom. The standard InChI is InChI=1S/C37H25NS/c1-2-8-25(9-3-1)36-20-21-37(39-36)26-16-14-24(15-17-26)27-18-19-32-33-23-35(38-34(32)22-27)31-13-7-6-11-29(31)28-10-4-5-12-30(28)33/h1-22,33H,23H2. The normalized spacial score (nSPS) is 15.0. The molecule has 2 aliphatic rings. The van der Waals surface area contributed by atoms with Gasteiger partial charge in [0.15, 0.2) is 0 Å². The third kappa shape index (κ3) is 3.79. The van der Waals surface area contributed by atoms with Gasteiger partial charge >= 0.3 is 0 Å². The fourth-order valence-electron chi connectivity index (χ4n) is 6.15. The first-order valence-corrected chi connectivity index (χ1v) is 14.3. The topological polar surface area (TPSA) is 12.4 Å². The van der Waals surface area contributed by atoms with Gasteiger partial charge in [-0.3, -0.25) is 4.99 Å². The lowest BCUT2D eigenvalue weighted by Crippen LogP contribution is -2.12. The van der Waals surface area contributed by atoms with Gasteiger partial charge in [0, 0.05) is 33.4 Å². The second-order valence-corrected chi connectivity index (χ2v) is 11.4. The van der Waals surface area contributed by atoms with E-state index in [0.717, 1.165) is 12.1 Å². The van der Waals surface area contributed by atoms with Crippen LogP contribution in [-0.4, -0.2) is 5.71 Å². The number of aliphatic imine (C=N–C) groups is 1. The molecule has 0 amide bonds. The van der Waals surface area contributed by atoms with E-state index in [0.29, 0.717) is 5.92 Å². The van der Waals surface area contributed by atoms with Crippen LogP contribution in [0.15, 0.2) is 138 Å². The van der Waals surface area contributed by atoms with Gasteiger partial charge in [0.05, 0.1) is 5.69 Å². The maximum absolute atomic E-state index is 5.25. The van der Waals surface area contributed by atoms with E-state index >= 15 is 0 Å². The van der Waals surface area contributed by atoms with Crippen molar-refractivity contribution in [1.82, 2.24) is 0 Å². The van der Waals surface area contributed by atoms with Crippen LogP contribution in [0.25, 0.3) is 43.1 Å². The molecule has 1 aliphatic heterocycles. The van der Waals surface area contributed by atoms with Crippen LogP contribution in [0.2, 0.25) is 0 Å². The van der Waals surface area contributed by atoms with E-state index < -0.39 is 0 Å². The lowest BCUT2D eigenvalue weighted by molar-refractivity contribution is 0.847. The van der Waals surface area contributed by atoms with Gasteiger partial charge in [-0.25, -0.2) is 0 Å². The maximum Gasteiger partial charge on any atom is 0.0677 e. The van der Waals surface area contributed by atoms with E-state index in [1.165, 1.54) is 65.5 Å². The van der Waals surface area contributed by atoms with Gasteiger partial charge in [0.25, 0.3) is 0 Å². The van der Waals surface area contributed by atoms with Gasteiger partial charge in [-0.1, -0.05) is 115 Å². The van der Waals surface area contributed by atoms with Crippen molar-refractivity contribution < 1.29 is 0 Å². The van der Waals surface area contributed by atoms with Crippen molar-refractivity contribution >= 4 is 22.7 Å². The first kappa shape index (κ1) is 22.5. The molecule has 1 atom stereocenters. The van der Waals surface area contributed by atoms with Crippen LogP contribution >= 0.6 is 11.3 Å². The Balaban J connectivity index is 1.16. The summed E-state index contributed by atoms with van der Waals surface area (Å²) >= 11 is 1.84. The van der Waals surface area contributed by atoms with Crippen LogP contribution in [0.1, 0.15) is 29.0 Å². The summed E-state index contributed by atoms with van der Waals surface area (Å²) in [5, 5.41) is 0. The summed E-state index contributed by atoms with van der Waals surface area (Å²) in [5.41, 5.74) is 13.9. The molecule has 0 spiro atoms. The highest BCUT2D eigenvalue weighted by Crippen LogP contribution is 2.48. The summed E-state index contributed by atoms with van der Waals surface area (Å²) in [5.74, 6) is 0.324. The van der Waals surface area contributed by atoms with E-state index in [1.54, 1.807) is 0 Å². The zero-order chi connectivity index (χ0) is 25.8. The van der Waals surface area contributed by atoms with Crippen LogP contribution in [0.5, 0.6) is 0 Å². The third-order valence-corrected chi connectivity index (χ3v) is 9.27. The van der Waals surface area contributed by atoms with Crippen LogP contribution in [-0.2, 0) is 0 Å². The van der Waals surface area contributed by atoms with Crippen LogP contribution < -0.4 is 0 Å². The molecular weight excluding hydrogens is 490 g/mol. The summed E-state index contributed by atoms with van der Waals surface area (Å²) in [6, 6.07) is 48.5. The quantitative estimate of drug-likeness (QED) is 0.222. The molecule has 2 heterocycles. The molecule has 0 fully saturated rings. The fraction of sp³-hybridized carbons (Fsp3) is 0.0541. The number of fused-ring (bicyclic) bond motifs is 9. The molecule has 0 saturated carbocycles. The molecule has 1 nitrogen and oxygen atoms in total. The highest BCUT2D eigenvalue weighted by molar-refractivity contribution is 7.18. The molecule has 2 heteroatoms. The Morgan fingerprint density at radius 3 is 1.90 bits per heavy atom. The largest absolute Gasteiger partial charge is 0.252 e. The minimum atomic E-state index is 0.324. The summed E-state index contributed by atoms with van der Waals surface area (Å²) in [6.45, 7) is 0. The van der Waals surface area contributed by atoms with Crippen molar-refractivity contribution in [3.8, 4) is 43.1 Å². The van der Waals surface area contributed by atoms with E-state index in [2.05, 4.69) is 133 Å². The summed E-state index contributed by atoms with van der Waals surface area (Å²) in [7, 11) is 0. The predicted octanol–water partition coefficient (Wildman–Crippen LogP) is 10.4. The molecule has 39 heavy (non-hydrogen) atoms. The Bertz CT molecular complexity index is 1880. The molecular formula is C37H25NS. The zero-order valence-corrected chi connectivity index (χ0v) is 22.2. The highest BCUT2D eigenvalue weighted by Gasteiger charge is 2.31. The van der Waals surface area contributed by atoms with Crippen molar-refractivity contribution in [3.63, 3.8) is 0 Å². The lowest BCUT2D eigenvalue weighted by Gasteiger charge is -2.25. The molecule has 5 aromatic carbocycles. The molecule has 0 radical (unpaired) electrons. The number of thiophene rings is 1. The molecule has 0 N–H and O–H groups in total. The first-order chi connectivity index (χ1) is 19.3. The van der Waals surface area contributed by atoms with Crippen molar-refractivity contribution in [2.45, 2.75) is 12.3 Å². The minimum Gasteiger partial charge on any atom is -0.252 e. The average molecular weight is 516 g/mol. The van der Waals surface area contributed by atoms with Crippen LogP contribution in [0.3, 0.4) is 0 Å². The summed E-state index contributed by atoms with van der Waals surface area (Å²) < 4.78 is 0. The van der Waals surface area contributed by atoms with E-state index in [9.17, 15) is 0 Å². The number of hydrogen-bond acceptors (Lipinski definition) is 2. The molecule has 1 aliphatic carbocycles. The number of nitrogens with zero attached hydrogens (tertiary/aromatic N) is 1. The number of rotatable bonds is 3. The average Bonchev–Trinajstić information content (AvgIpc) is 3.48. The van der Waals surface area contributed by atoms with Gasteiger partial charge in [-0.05, 0) is 62.7 Å². The van der Waals surface area contributed by atoms with Crippen molar-refractivity contribution in [1.29, 1.82) is 0 Å². The SMILES string of the molecule is c1ccc(-c2ccc(-c3ccc(-c4ccc5c(c4)N=C4CC5c5ccccc5-c5ccccc54)cc3)s2)cc1. The molecule has 8 rings (SSSR count). The lowest BCUT2D eigenvalue weighted by atomic mass is 9.82. The van der Waals surface area contributed by atoms with Crippen molar-refractivity contribution in [2.75, 3.05) is 0 Å². The Kier molecular flexibility index (Phi) is 5.21. The van der Waals surface area contributed by atoms with Crippen LogP contribution in [0.4, 0.5) is 5.69 Å². The second-order valence-electron chi connectivity index (χ2n) is 10.3. The minimum absolute atomic E-state index is 0.324. The molecule has 0 saturated heterocycles. The molecule has 184 valence electrons. The maximum atomic E-state index is 5.25. The fourth-order valence-corrected chi connectivity index (χ4v) is 7.17. The first-order valence-electron chi connectivity index (χ1n) is 13.5. The van der Waals surface area contributed by atoms with Gasteiger partial charge in [0.1, 0.15) is 0 Å². The zero-order valence-electron chi connectivity index (χ0n) is 21.3. The Morgan fingerprint density at radius 2 is 1.10 bits per heavy atom. The summed E-state index contributed by atoms with van der Waals surface area (Å²) in [4.78, 5) is 7.84. The second kappa shape index (κ2) is 9.04. The number of hydrogen-bond donors (Lipinski definition) is 0. The predicted molar refractivity (Wildman–Crippen MR) is 165 cm³/mol. The van der Waals surface area contributed by atoms with Crippen molar-refractivity contribution in [3.05, 3.63) is 150 Å². The van der Waals surface area contributed by atoms with Gasteiger partial charge in [0.2, 0.25) is 0 Å². The smallest absolute Gasteiger partial charge is 0.0677 e. The van der Waals surface area contributed by atoms with Crippen molar-refractivity contribution in [2.24, 2.45) is 4.99 Å². The Hall–Kier alpha value is -4.53. The van der Waals surface area contributed by atoms with Gasteiger partial charge in [-0.15, -0.1) is 11.3 Å². The van der Waals surface area contributed by atoms with Crippen LogP contribution in [0, 0.1) is 0 Å². The van der Waals surface area contributed by atoms with Gasteiger partial charge < -0.3 is 0 Å².